The number of rotatable bonds is 4. The fourth-order valence-electron chi connectivity index (χ4n) is 8.62. The van der Waals surface area contributed by atoms with Crippen molar-refractivity contribution in [3.8, 4) is 0 Å². The van der Waals surface area contributed by atoms with Crippen molar-refractivity contribution >= 4 is 11.9 Å². The first-order valence-corrected chi connectivity index (χ1v) is 11.8. The van der Waals surface area contributed by atoms with E-state index in [0.717, 1.165) is 5.56 Å². The Morgan fingerprint density at radius 1 is 1.30 bits per heavy atom. The zero-order valence-electron chi connectivity index (χ0n) is 18.7. The van der Waals surface area contributed by atoms with Crippen LogP contribution in [0, 0.1) is 28.6 Å². The van der Waals surface area contributed by atoms with Crippen LogP contribution in [0.5, 0.6) is 0 Å². The fourth-order valence-corrected chi connectivity index (χ4v) is 8.62. The Hall–Kier alpha value is -2.22. The number of aliphatic hydroxyl groups is 2. The van der Waals surface area contributed by atoms with Crippen molar-refractivity contribution in [2.75, 3.05) is 0 Å². The zero-order chi connectivity index (χ0) is 23.4. The van der Waals surface area contributed by atoms with Gasteiger partial charge >= 0.3 is 11.9 Å². The van der Waals surface area contributed by atoms with Gasteiger partial charge in [0.2, 0.25) is 0 Å². The molecule has 4 saturated carbocycles. The van der Waals surface area contributed by atoms with Crippen molar-refractivity contribution in [3.05, 3.63) is 48.0 Å². The Kier molecular flexibility index (Phi) is 4.18. The average molecular weight is 455 g/mol. The van der Waals surface area contributed by atoms with E-state index in [0.29, 0.717) is 31.3 Å². The van der Waals surface area contributed by atoms with Crippen LogP contribution in [0.15, 0.2) is 42.5 Å². The third kappa shape index (κ3) is 2.40. The Morgan fingerprint density at radius 2 is 2.03 bits per heavy atom. The number of aliphatic carboxylic acids is 1. The van der Waals surface area contributed by atoms with Crippen LogP contribution in [0.4, 0.5) is 0 Å². The highest BCUT2D eigenvalue weighted by Crippen LogP contribution is 2.78. The molecule has 0 unspecified atom stereocenters. The molecule has 6 rings (SSSR count). The molecule has 0 aromatic heterocycles. The second-order valence-electron chi connectivity index (χ2n) is 11.2. The van der Waals surface area contributed by atoms with Crippen molar-refractivity contribution in [1.29, 1.82) is 0 Å². The van der Waals surface area contributed by atoms with Gasteiger partial charge in [0.15, 0.2) is 0 Å². The molecule has 0 radical (unpaired) electrons. The quantitative estimate of drug-likeness (QED) is 0.473. The van der Waals surface area contributed by atoms with Crippen molar-refractivity contribution in [3.63, 3.8) is 0 Å². The first-order valence-electron chi connectivity index (χ1n) is 11.8. The predicted molar refractivity (Wildman–Crippen MR) is 116 cm³/mol. The van der Waals surface area contributed by atoms with E-state index in [-0.39, 0.29) is 18.9 Å². The maximum atomic E-state index is 13.3. The first-order chi connectivity index (χ1) is 15.6. The lowest BCUT2D eigenvalue weighted by Crippen LogP contribution is -2.59. The molecule has 5 fully saturated rings. The number of hydrogen-bond donors (Lipinski definition) is 3. The van der Waals surface area contributed by atoms with E-state index >= 15 is 0 Å². The minimum absolute atomic E-state index is 0.225. The van der Waals surface area contributed by atoms with Crippen molar-refractivity contribution < 1.29 is 34.4 Å². The van der Waals surface area contributed by atoms with Gasteiger partial charge in [-0.3, -0.25) is 9.59 Å². The van der Waals surface area contributed by atoms with Crippen LogP contribution in [0.3, 0.4) is 0 Å². The molecular formula is C26H30O7. The summed E-state index contributed by atoms with van der Waals surface area (Å²) in [6.45, 7) is 6.02. The van der Waals surface area contributed by atoms with E-state index in [1.54, 1.807) is 6.92 Å². The zero-order valence-corrected chi connectivity index (χ0v) is 18.7. The number of carbonyl (C=O) groups excluding carboxylic acids is 1. The number of ether oxygens (including phenoxy) is 2. The van der Waals surface area contributed by atoms with Crippen LogP contribution in [0.1, 0.15) is 44.6 Å². The van der Waals surface area contributed by atoms with Gasteiger partial charge in [0, 0.05) is 18.3 Å². The van der Waals surface area contributed by atoms with Crippen molar-refractivity contribution in [1.82, 2.24) is 0 Å². The lowest BCUT2D eigenvalue weighted by molar-refractivity contribution is -0.172. The summed E-state index contributed by atoms with van der Waals surface area (Å²) in [5.41, 5.74) is -2.60. The smallest absolute Gasteiger partial charge is 0.315 e. The number of aliphatic hydroxyl groups excluding tert-OH is 1. The minimum Gasteiger partial charge on any atom is -0.481 e. The second kappa shape index (κ2) is 6.46. The molecule has 176 valence electrons. The fraction of sp³-hybridized carbons (Fsp3) is 0.615. The van der Waals surface area contributed by atoms with E-state index in [1.807, 2.05) is 30.3 Å². The molecule has 1 saturated heterocycles. The van der Waals surface area contributed by atoms with Crippen molar-refractivity contribution in [2.24, 2.45) is 28.6 Å². The van der Waals surface area contributed by atoms with Gasteiger partial charge in [0.05, 0.1) is 30.3 Å². The largest absolute Gasteiger partial charge is 0.481 e. The number of benzene rings is 1. The third-order valence-corrected chi connectivity index (χ3v) is 9.86. The van der Waals surface area contributed by atoms with E-state index in [4.69, 9.17) is 9.47 Å². The molecule has 7 nitrogen and oxygen atoms in total. The standard InChI is InChI=1S/C26H30O7/c1-14-10-24-13-25(14,31)9-8-17(24)26-11-16(32-12-15-6-4-3-5-7-15)20(27)23(2,22(30)33-26)19(26)18(24)21(28)29/h3-7,16-20,27,31H,1,8-13H2,2H3,(H,28,29)/t16-,17-,18-,19-,20+,23+,24+,25+,26-/m1/s1. The summed E-state index contributed by atoms with van der Waals surface area (Å²) in [6.07, 6.45) is 0.171. The van der Waals surface area contributed by atoms with E-state index in [2.05, 4.69) is 6.58 Å². The Bertz CT molecular complexity index is 1050. The molecule has 3 N–H and O–H groups in total. The summed E-state index contributed by atoms with van der Waals surface area (Å²) in [5.74, 6) is -3.35. The molecule has 33 heavy (non-hydrogen) atoms. The molecule has 4 bridgehead atoms. The van der Waals surface area contributed by atoms with E-state index in [9.17, 15) is 24.9 Å². The Morgan fingerprint density at radius 3 is 2.73 bits per heavy atom. The van der Waals surface area contributed by atoms with Crippen LogP contribution in [0.25, 0.3) is 0 Å². The van der Waals surface area contributed by atoms with Crippen LogP contribution in [-0.4, -0.2) is 50.7 Å². The maximum absolute atomic E-state index is 13.3. The van der Waals surface area contributed by atoms with Crippen LogP contribution < -0.4 is 0 Å². The number of carboxylic acids is 1. The van der Waals surface area contributed by atoms with Gasteiger partial charge in [-0.1, -0.05) is 36.9 Å². The van der Waals surface area contributed by atoms with Crippen molar-refractivity contribution in [2.45, 2.75) is 69.0 Å². The SMILES string of the molecule is C=C1C[C@]23C[C@@]1(O)CC[C@H]2[C@@]12C[C@@H](OCc4ccccc4)[C@H](O)[C@@](C)(C(=O)O1)[C@H]2[C@@H]3C(=O)O. The predicted octanol–water partition coefficient (Wildman–Crippen LogP) is 2.45. The normalized spacial score (nSPS) is 49.5. The molecule has 9 atom stereocenters. The highest BCUT2D eigenvalue weighted by Gasteiger charge is 2.85. The monoisotopic (exact) mass is 454 g/mol. The molecule has 7 heteroatoms. The van der Waals surface area contributed by atoms with E-state index in [1.165, 1.54) is 0 Å². The van der Waals surface area contributed by atoms with Gasteiger partial charge in [-0.05, 0) is 49.2 Å². The number of fused-ring (bicyclic) bond motifs is 1. The van der Waals surface area contributed by atoms with Gasteiger partial charge < -0.3 is 24.8 Å². The van der Waals surface area contributed by atoms with Gasteiger partial charge in [0.25, 0.3) is 0 Å². The van der Waals surface area contributed by atoms with Gasteiger partial charge in [0.1, 0.15) is 11.0 Å². The summed E-state index contributed by atoms with van der Waals surface area (Å²) in [6, 6.07) is 9.62. The third-order valence-electron chi connectivity index (χ3n) is 9.86. The molecule has 0 amide bonds. The number of esters is 1. The maximum Gasteiger partial charge on any atom is 0.315 e. The lowest BCUT2D eigenvalue weighted by atomic mass is 9.58. The first kappa shape index (κ1) is 21.3. The van der Waals surface area contributed by atoms with Gasteiger partial charge in [-0.25, -0.2) is 0 Å². The summed E-state index contributed by atoms with van der Waals surface area (Å²) in [4.78, 5) is 26.1. The molecule has 1 spiro atoms. The minimum atomic E-state index is -1.39. The molecular weight excluding hydrogens is 424 g/mol. The summed E-state index contributed by atoms with van der Waals surface area (Å²) in [5, 5.41) is 33.1. The topological polar surface area (TPSA) is 113 Å². The van der Waals surface area contributed by atoms with Crippen LogP contribution in [0.2, 0.25) is 0 Å². The highest BCUT2D eigenvalue weighted by atomic mass is 16.6. The van der Waals surface area contributed by atoms with Gasteiger partial charge in [-0.15, -0.1) is 0 Å². The van der Waals surface area contributed by atoms with Gasteiger partial charge in [-0.2, -0.15) is 0 Å². The Balaban J connectivity index is 1.44. The molecule has 4 aliphatic carbocycles. The lowest BCUT2D eigenvalue weighted by Gasteiger charge is -2.48. The van der Waals surface area contributed by atoms with E-state index < -0.39 is 58.0 Å². The summed E-state index contributed by atoms with van der Waals surface area (Å²) >= 11 is 0. The molecule has 1 aromatic rings. The summed E-state index contributed by atoms with van der Waals surface area (Å²) in [7, 11) is 0. The number of carbonyl (C=O) groups is 2. The molecule has 1 heterocycles. The number of carboxylic acid groups (broad SMARTS) is 1. The molecule has 1 aromatic carbocycles. The molecule has 5 aliphatic rings. The second-order valence-corrected chi connectivity index (χ2v) is 11.2. The summed E-state index contributed by atoms with van der Waals surface area (Å²) < 4.78 is 12.3. The van der Waals surface area contributed by atoms with Crippen LogP contribution >= 0.6 is 0 Å². The molecule has 1 aliphatic heterocycles. The Labute approximate surface area is 192 Å². The van der Waals surface area contributed by atoms with Crippen LogP contribution in [-0.2, 0) is 25.7 Å². The number of hydrogen-bond acceptors (Lipinski definition) is 6. The highest BCUT2D eigenvalue weighted by molar-refractivity contribution is 5.85. The average Bonchev–Trinajstić information content (AvgIpc) is 3.20.